The van der Waals surface area contributed by atoms with Gasteiger partial charge in [0.15, 0.2) is 0 Å². The first-order valence-corrected chi connectivity index (χ1v) is 10.6. The number of hydrogen-bond acceptors (Lipinski definition) is 4. The van der Waals surface area contributed by atoms with Crippen molar-refractivity contribution in [1.82, 2.24) is 10.2 Å². The van der Waals surface area contributed by atoms with Gasteiger partial charge in [0.25, 0.3) is 0 Å². The lowest BCUT2D eigenvalue weighted by Crippen LogP contribution is -2.70. The average molecular weight is 314 g/mol. The van der Waals surface area contributed by atoms with Gasteiger partial charge in [0, 0.05) is 37.0 Å². The molecule has 1 heterocycles. The summed E-state index contributed by atoms with van der Waals surface area (Å²) in [5, 5.41) is 3.88. The first-order valence-electron chi connectivity index (χ1n) is 8.51. The topological polar surface area (TPSA) is 49.4 Å². The second-order valence-corrected chi connectivity index (χ2v) is 10.1. The summed E-state index contributed by atoms with van der Waals surface area (Å²) >= 11 is 0. The van der Waals surface area contributed by atoms with Crippen molar-refractivity contribution in [2.45, 2.75) is 62.9 Å². The van der Waals surface area contributed by atoms with Crippen LogP contribution in [-0.4, -0.2) is 56.0 Å². The van der Waals surface area contributed by atoms with E-state index in [4.69, 9.17) is 0 Å². The third kappa shape index (κ3) is 3.45. The third-order valence-electron chi connectivity index (χ3n) is 6.04. The van der Waals surface area contributed by atoms with E-state index in [1.54, 1.807) is 0 Å². The summed E-state index contributed by atoms with van der Waals surface area (Å²) in [5.74, 6) is 1.05. The van der Waals surface area contributed by atoms with Gasteiger partial charge in [-0.2, -0.15) is 0 Å². The zero-order valence-corrected chi connectivity index (χ0v) is 14.3. The molecule has 0 aromatic heterocycles. The van der Waals surface area contributed by atoms with E-state index < -0.39 is 9.84 Å². The number of piperazine rings is 1. The van der Waals surface area contributed by atoms with E-state index in [-0.39, 0.29) is 11.1 Å². The summed E-state index contributed by atoms with van der Waals surface area (Å²) in [6.07, 6.45) is 10.5. The van der Waals surface area contributed by atoms with Gasteiger partial charge in [-0.05, 0) is 38.5 Å². The lowest BCUT2D eigenvalue weighted by atomic mass is 9.76. The van der Waals surface area contributed by atoms with Gasteiger partial charge < -0.3 is 5.32 Å². The molecule has 0 bridgehead atoms. The molecule has 2 aliphatic carbocycles. The fourth-order valence-electron chi connectivity index (χ4n) is 4.36. The molecule has 1 unspecified atom stereocenters. The highest BCUT2D eigenvalue weighted by atomic mass is 32.2. The Labute approximate surface area is 129 Å². The van der Waals surface area contributed by atoms with Gasteiger partial charge in [-0.15, -0.1) is 0 Å². The molecule has 0 amide bonds. The monoisotopic (exact) mass is 314 g/mol. The van der Waals surface area contributed by atoms with Crippen molar-refractivity contribution < 1.29 is 8.42 Å². The van der Waals surface area contributed by atoms with Gasteiger partial charge in [0.2, 0.25) is 0 Å². The minimum atomic E-state index is -2.88. The molecule has 2 saturated carbocycles. The molecular weight excluding hydrogens is 284 g/mol. The van der Waals surface area contributed by atoms with Gasteiger partial charge in [0.1, 0.15) is 9.84 Å². The Kier molecular flexibility index (Phi) is 4.13. The van der Waals surface area contributed by atoms with E-state index >= 15 is 0 Å². The molecule has 1 saturated heterocycles. The van der Waals surface area contributed by atoms with Gasteiger partial charge in [-0.25, -0.2) is 8.42 Å². The molecule has 1 aliphatic heterocycles. The smallest absolute Gasteiger partial charge is 0.148 e. The second-order valence-electron chi connectivity index (χ2n) is 7.88. The highest BCUT2D eigenvalue weighted by Gasteiger charge is 2.51. The summed E-state index contributed by atoms with van der Waals surface area (Å²) < 4.78 is 23.2. The zero-order valence-electron chi connectivity index (χ0n) is 13.5. The maximum absolute atomic E-state index is 11.6. The van der Waals surface area contributed by atoms with Gasteiger partial charge in [-0.3, -0.25) is 4.90 Å². The number of hydrogen-bond donors (Lipinski definition) is 1. The lowest BCUT2D eigenvalue weighted by molar-refractivity contribution is -0.00748. The third-order valence-corrected chi connectivity index (χ3v) is 6.96. The summed E-state index contributed by atoms with van der Waals surface area (Å²) in [7, 11) is -2.88. The van der Waals surface area contributed by atoms with Crippen molar-refractivity contribution in [1.29, 1.82) is 0 Å². The molecule has 5 heteroatoms. The first-order chi connectivity index (χ1) is 9.83. The second kappa shape index (κ2) is 5.50. The van der Waals surface area contributed by atoms with Crippen LogP contribution < -0.4 is 5.32 Å². The van der Waals surface area contributed by atoms with Crippen LogP contribution in [0.15, 0.2) is 0 Å². The van der Waals surface area contributed by atoms with E-state index in [2.05, 4.69) is 17.1 Å². The Balaban J connectivity index is 1.74. The standard InChI is InChI=1S/C16H30N2O2S/c1-15(14-6-7-14)12-17-16(8-4-3-5-9-16)13-18(15)10-11-21(2,19)20/h14,17H,3-13H2,1-2H3. The number of nitrogens with zero attached hydrogens (tertiary/aromatic N) is 1. The van der Waals surface area contributed by atoms with Crippen LogP contribution in [0.5, 0.6) is 0 Å². The molecule has 21 heavy (non-hydrogen) atoms. The quantitative estimate of drug-likeness (QED) is 0.860. The fourth-order valence-corrected chi connectivity index (χ4v) is 4.91. The molecule has 3 fully saturated rings. The lowest BCUT2D eigenvalue weighted by Gasteiger charge is -2.55. The Bertz CT molecular complexity index is 481. The van der Waals surface area contributed by atoms with Crippen LogP contribution in [0.2, 0.25) is 0 Å². The van der Waals surface area contributed by atoms with Crippen molar-refractivity contribution in [2.24, 2.45) is 5.92 Å². The molecule has 0 aromatic rings. The van der Waals surface area contributed by atoms with Crippen LogP contribution in [-0.2, 0) is 9.84 Å². The summed E-state index contributed by atoms with van der Waals surface area (Å²) in [6.45, 7) is 5.11. The minimum absolute atomic E-state index is 0.160. The van der Waals surface area contributed by atoms with E-state index in [0.717, 1.165) is 19.0 Å². The van der Waals surface area contributed by atoms with Crippen molar-refractivity contribution in [3.63, 3.8) is 0 Å². The molecule has 3 aliphatic rings. The number of sulfone groups is 1. The maximum atomic E-state index is 11.6. The normalized spacial score (nSPS) is 34.2. The van der Waals surface area contributed by atoms with Crippen LogP contribution in [0.25, 0.3) is 0 Å². The SMILES string of the molecule is CC1(C2CC2)CNC2(CCCCC2)CN1CCS(C)(=O)=O. The van der Waals surface area contributed by atoms with Crippen molar-refractivity contribution in [3.8, 4) is 0 Å². The van der Waals surface area contributed by atoms with E-state index in [1.807, 2.05) is 0 Å². The molecule has 1 atom stereocenters. The largest absolute Gasteiger partial charge is 0.308 e. The molecule has 1 spiro atoms. The molecule has 0 aromatic carbocycles. The molecule has 122 valence electrons. The van der Waals surface area contributed by atoms with Crippen molar-refractivity contribution >= 4 is 9.84 Å². The maximum Gasteiger partial charge on any atom is 0.148 e. The highest BCUT2D eigenvalue weighted by Crippen LogP contribution is 2.46. The Morgan fingerprint density at radius 2 is 1.86 bits per heavy atom. The zero-order chi connectivity index (χ0) is 15.1. The van der Waals surface area contributed by atoms with Crippen LogP contribution in [0.1, 0.15) is 51.9 Å². The van der Waals surface area contributed by atoms with Gasteiger partial charge in [0.05, 0.1) is 5.75 Å². The highest BCUT2D eigenvalue weighted by molar-refractivity contribution is 7.90. The fraction of sp³-hybridized carbons (Fsp3) is 1.00. The summed E-state index contributed by atoms with van der Waals surface area (Å²) in [6, 6.07) is 0. The van der Waals surface area contributed by atoms with E-state index in [1.165, 1.54) is 51.2 Å². The Morgan fingerprint density at radius 3 is 2.43 bits per heavy atom. The van der Waals surface area contributed by atoms with Crippen LogP contribution in [0.4, 0.5) is 0 Å². The van der Waals surface area contributed by atoms with Gasteiger partial charge >= 0.3 is 0 Å². The molecule has 3 rings (SSSR count). The van der Waals surface area contributed by atoms with Crippen LogP contribution in [0, 0.1) is 5.92 Å². The number of nitrogens with one attached hydrogen (secondary N) is 1. The van der Waals surface area contributed by atoms with Crippen molar-refractivity contribution in [2.75, 3.05) is 31.6 Å². The summed E-state index contributed by atoms with van der Waals surface area (Å²) in [4.78, 5) is 2.52. The van der Waals surface area contributed by atoms with Crippen LogP contribution >= 0.6 is 0 Å². The minimum Gasteiger partial charge on any atom is -0.308 e. The van der Waals surface area contributed by atoms with Crippen LogP contribution in [0.3, 0.4) is 0 Å². The number of rotatable bonds is 4. The predicted molar refractivity (Wildman–Crippen MR) is 86.2 cm³/mol. The molecule has 0 radical (unpaired) electrons. The Morgan fingerprint density at radius 1 is 1.19 bits per heavy atom. The van der Waals surface area contributed by atoms with Gasteiger partial charge in [-0.1, -0.05) is 19.3 Å². The first kappa shape index (κ1) is 15.8. The molecular formula is C16H30N2O2S. The predicted octanol–water partition coefficient (Wildman–Crippen LogP) is 1.81. The molecule has 4 nitrogen and oxygen atoms in total. The van der Waals surface area contributed by atoms with E-state index in [9.17, 15) is 8.42 Å². The summed E-state index contributed by atoms with van der Waals surface area (Å²) in [5.41, 5.74) is 0.414. The van der Waals surface area contributed by atoms with Crippen molar-refractivity contribution in [3.05, 3.63) is 0 Å². The average Bonchev–Trinajstić information content (AvgIpc) is 3.25. The van der Waals surface area contributed by atoms with E-state index in [0.29, 0.717) is 12.3 Å². The Hall–Kier alpha value is -0.130. The molecule has 1 N–H and O–H groups in total.